The molecule has 3 aromatic heterocycles. The number of pyridine rings is 2. The molecule has 0 spiro atoms. The SMILES string of the molecule is CC1=C(c2cc(OC(CO)c3ccc(F)cn3)c3c(Cl)cnn3c2)N=N/[N+]1=C/C1CCNC[C@H]1O. The van der Waals surface area contributed by atoms with E-state index >= 15 is 0 Å². The fourth-order valence-electron chi connectivity index (χ4n) is 4.16. The number of ether oxygens (including phenoxy) is 1. The molecule has 0 amide bonds. The number of hydrogen-bond donors (Lipinski definition) is 3. The summed E-state index contributed by atoms with van der Waals surface area (Å²) in [4.78, 5) is 4.03. The molecule has 3 aromatic rings. The van der Waals surface area contributed by atoms with Gasteiger partial charge in [0.05, 0.1) is 46.5 Å². The predicted molar refractivity (Wildman–Crippen MR) is 126 cm³/mol. The third-order valence-electron chi connectivity index (χ3n) is 6.08. The number of hydrogen-bond acceptors (Lipinski definition) is 8. The van der Waals surface area contributed by atoms with Crippen molar-refractivity contribution in [1.82, 2.24) is 19.9 Å². The lowest BCUT2D eigenvalue weighted by Gasteiger charge is -2.24. The average molecular weight is 501 g/mol. The van der Waals surface area contributed by atoms with Gasteiger partial charge in [-0.15, -0.1) is 4.68 Å². The molecular weight excluding hydrogens is 477 g/mol. The van der Waals surface area contributed by atoms with Crippen molar-refractivity contribution < 1.29 is 24.0 Å². The van der Waals surface area contributed by atoms with Crippen LogP contribution < -0.4 is 10.1 Å². The van der Waals surface area contributed by atoms with Gasteiger partial charge in [-0.2, -0.15) is 5.10 Å². The smallest absolute Gasteiger partial charge is 0.256 e. The van der Waals surface area contributed by atoms with Gasteiger partial charge in [0.2, 0.25) is 0 Å². The van der Waals surface area contributed by atoms with Gasteiger partial charge >= 0.3 is 0 Å². The Balaban J connectivity index is 1.52. The Bertz CT molecular complexity index is 1340. The topological polar surface area (TPSA) is 120 Å². The maximum Gasteiger partial charge on any atom is 0.256 e. The number of aromatic nitrogens is 3. The highest BCUT2D eigenvalue weighted by Gasteiger charge is 2.30. The van der Waals surface area contributed by atoms with Crippen molar-refractivity contribution in [3.8, 4) is 5.75 Å². The molecule has 0 aliphatic carbocycles. The molecule has 10 nitrogen and oxygen atoms in total. The minimum Gasteiger partial charge on any atom is -0.479 e. The van der Waals surface area contributed by atoms with Gasteiger partial charge in [0, 0.05) is 25.6 Å². The standard InChI is InChI=1S/C23H24ClFN7O3/c1-13-22(29-30-31(13)10-14-4-5-26-9-19(14)34)15-6-20(23-17(24)8-28-32(23)11-15)35-21(12-33)18-3-2-16(25)7-27-18/h2-3,6-8,10-11,14,19,21,26,33-34H,4-5,9,12H2,1H3/q+1/b31-10+/t14?,19-,21?/m1/s1. The van der Waals surface area contributed by atoms with E-state index in [1.54, 1.807) is 21.5 Å². The second-order valence-corrected chi connectivity index (χ2v) is 8.82. The molecule has 1 fully saturated rings. The third kappa shape index (κ3) is 4.67. The van der Waals surface area contributed by atoms with Crippen LogP contribution in [0.2, 0.25) is 5.02 Å². The Morgan fingerprint density at radius 2 is 2.26 bits per heavy atom. The molecule has 2 unspecified atom stereocenters. The van der Waals surface area contributed by atoms with Gasteiger partial charge in [0.25, 0.3) is 5.70 Å². The molecule has 5 heterocycles. The zero-order valence-electron chi connectivity index (χ0n) is 18.8. The summed E-state index contributed by atoms with van der Waals surface area (Å²) < 4.78 is 22.7. The number of aliphatic hydroxyl groups is 2. The van der Waals surface area contributed by atoms with Gasteiger partial charge in [0.15, 0.2) is 11.8 Å². The zero-order chi connectivity index (χ0) is 24.5. The van der Waals surface area contributed by atoms with E-state index in [9.17, 15) is 14.6 Å². The number of halogens is 2. The highest BCUT2D eigenvalue weighted by Crippen LogP contribution is 2.35. The molecule has 0 radical (unpaired) electrons. The van der Waals surface area contributed by atoms with Gasteiger partial charge in [-0.25, -0.2) is 8.91 Å². The van der Waals surface area contributed by atoms with Crippen molar-refractivity contribution in [3.05, 3.63) is 64.6 Å². The zero-order valence-corrected chi connectivity index (χ0v) is 19.6. The van der Waals surface area contributed by atoms with Crippen LogP contribution in [-0.4, -0.2) is 61.5 Å². The molecule has 1 saturated heterocycles. The lowest BCUT2D eigenvalue weighted by Crippen LogP contribution is -2.42. The maximum absolute atomic E-state index is 13.3. The van der Waals surface area contributed by atoms with Crippen LogP contribution >= 0.6 is 11.6 Å². The van der Waals surface area contributed by atoms with E-state index in [1.807, 2.05) is 13.1 Å². The van der Waals surface area contributed by atoms with Crippen molar-refractivity contribution in [3.63, 3.8) is 0 Å². The minimum absolute atomic E-state index is 0.0377. The molecule has 182 valence electrons. The van der Waals surface area contributed by atoms with Crippen molar-refractivity contribution >= 4 is 29.0 Å². The first-order valence-electron chi connectivity index (χ1n) is 11.2. The molecule has 0 aromatic carbocycles. The molecule has 0 saturated carbocycles. The largest absolute Gasteiger partial charge is 0.479 e. The fraction of sp³-hybridized carbons (Fsp3) is 0.348. The summed E-state index contributed by atoms with van der Waals surface area (Å²) in [5.41, 5.74) is 2.91. The number of nitrogens with one attached hydrogen (secondary N) is 1. The highest BCUT2D eigenvalue weighted by atomic mass is 35.5. The van der Waals surface area contributed by atoms with Gasteiger partial charge < -0.3 is 20.3 Å². The number of piperidine rings is 1. The first-order chi connectivity index (χ1) is 16.9. The minimum atomic E-state index is -0.855. The molecule has 12 heteroatoms. The number of allylic oxidation sites excluding steroid dienone is 1. The van der Waals surface area contributed by atoms with E-state index in [0.29, 0.717) is 39.8 Å². The second kappa shape index (κ2) is 9.78. The van der Waals surface area contributed by atoms with E-state index in [-0.39, 0.29) is 12.5 Å². The van der Waals surface area contributed by atoms with E-state index in [0.717, 1.165) is 24.9 Å². The lowest BCUT2D eigenvalue weighted by molar-refractivity contribution is -0.480. The molecule has 35 heavy (non-hydrogen) atoms. The normalized spacial score (nSPS) is 22.4. The van der Waals surface area contributed by atoms with Crippen LogP contribution in [0.1, 0.15) is 30.7 Å². The number of rotatable bonds is 6. The third-order valence-corrected chi connectivity index (χ3v) is 6.36. The van der Waals surface area contributed by atoms with Crippen LogP contribution in [0.15, 0.2) is 52.8 Å². The Kier molecular flexibility index (Phi) is 6.56. The van der Waals surface area contributed by atoms with Crippen LogP contribution in [0, 0.1) is 11.7 Å². The summed E-state index contributed by atoms with van der Waals surface area (Å²) in [6.45, 7) is 2.86. The molecule has 5 rings (SSSR count). The van der Waals surface area contributed by atoms with Crippen LogP contribution in [0.25, 0.3) is 11.2 Å². The second-order valence-electron chi connectivity index (χ2n) is 8.41. The van der Waals surface area contributed by atoms with E-state index in [4.69, 9.17) is 16.3 Å². The molecule has 2 aliphatic heterocycles. The molecule has 0 bridgehead atoms. The highest BCUT2D eigenvalue weighted by molar-refractivity contribution is 6.34. The number of β-amino-alcohol motifs (C(OH)–C–C–N with tert-alkyl or cyclic N) is 1. The fourth-order valence-corrected chi connectivity index (χ4v) is 4.38. The number of fused-ring (bicyclic) bond motifs is 1. The van der Waals surface area contributed by atoms with Crippen LogP contribution in [0.5, 0.6) is 5.75 Å². The average Bonchev–Trinajstić information content (AvgIpc) is 3.42. The van der Waals surface area contributed by atoms with Crippen LogP contribution in [-0.2, 0) is 0 Å². The molecule has 2 aliphatic rings. The van der Waals surface area contributed by atoms with Crippen molar-refractivity contribution in [2.24, 2.45) is 16.3 Å². The summed E-state index contributed by atoms with van der Waals surface area (Å²) in [6.07, 6.45) is 5.66. The summed E-state index contributed by atoms with van der Waals surface area (Å²) in [6, 6.07) is 4.45. The molecule has 3 atom stereocenters. The number of nitrogens with zero attached hydrogens (tertiary/aromatic N) is 6. The summed E-state index contributed by atoms with van der Waals surface area (Å²) in [7, 11) is 0. The molecule has 3 N–H and O–H groups in total. The van der Waals surface area contributed by atoms with E-state index in [1.165, 1.54) is 18.3 Å². The summed E-state index contributed by atoms with van der Waals surface area (Å²) in [5.74, 6) is -0.174. The van der Waals surface area contributed by atoms with E-state index < -0.39 is 18.0 Å². The Hall–Kier alpha value is -3.25. The number of aliphatic hydroxyl groups excluding tert-OH is 2. The maximum atomic E-state index is 13.3. The van der Waals surface area contributed by atoms with Gasteiger partial charge in [0.1, 0.15) is 28.5 Å². The van der Waals surface area contributed by atoms with Crippen LogP contribution in [0.3, 0.4) is 0 Å². The summed E-state index contributed by atoms with van der Waals surface area (Å²) in [5, 5.41) is 36.7. The monoisotopic (exact) mass is 500 g/mol. The van der Waals surface area contributed by atoms with Crippen LogP contribution in [0.4, 0.5) is 4.39 Å². The predicted octanol–water partition coefficient (Wildman–Crippen LogP) is 2.76. The quantitative estimate of drug-likeness (QED) is 0.448. The van der Waals surface area contributed by atoms with E-state index in [2.05, 4.69) is 25.7 Å². The Morgan fingerprint density at radius 1 is 1.40 bits per heavy atom. The van der Waals surface area contributed by atoms with Gasteiger partial charge in [-0.05, 0) is 31.2 Å². The first-order valence-corrected chi connectivity index (χ1v) is 11.5. The first kappa shape index (κ1) is 23.5. The summed E-state index contributed by atoms with van der Waals surface area (Å²) >= 11 is 6.37. The van der Waals surface area contributed by atoms with Crippen molar-refractivity contribution in [2.75, 3.05) is 19.7 Å². The Labute approximate surface area is 205 Å². The lowest BCUT2D eigenvalue weighted by atomic mass is 9.96. The van der Waals surface area contributed by atoms with Gasteiger partial charge in [-0.3, -0.25) is 4.98 Å². The van der Waals surface area contributed by atoms with Crippen molar-refractivity contribution in [1.29, 1.82) is 0 Å². The van der Waals surface area contributed by atoms with Crippen molar-refractivity contribution in [2.45, 2.75) is 25.6 Å². The Morgan fingerprint density at radius 3 is 3.00 bits per heavy atom. The molecular formula is C23H24ClFN7O3+. The van der Waals surface area contributed by atoms with Gasteiger partial charge in [-0.1, -0.05) is 11.6 Å².